The number of nitrogens with zero attached hydrogens (tertiary/aromatic N) is 5. The summed E-state index contributed by atoms with van der Waals surface area (Å²) in [5.41, 5.74) is -0.577. The average molecular weight is 323 g/mol. The predicted molar refractivity (Wildman–Crippen MR) is 84.2 cm³/mol. The average Bonchev–Trinajstić information content (AvgIpc) is 3.08. The van der Waals surface area contributed by atoms with Crippen LogP contribution in [0.3, 0.4) is 0 Å². The summed E-state index contributed by atoms with van der Waals surface area (Å²) in [5, 5.41) is 16.8. The second kappa shape index (κ2) is 6.34. The fourth-order valence-corrected chi connectivity index (χ4v) is 2.25. The van der Waals surface area contributed by atoms with Crippen molar-refractivity contribution in [1.29, 1.82) is 5.26 Å². The van der Waals surface area contributed by atoms with Crippen LogP contribution in [0.1, 0.15) is 18.4 Å². The first kappa shape index (κ1) is 15.4. The molecule has 0 aliphatic carbocycles. The van der Waals surface area contributed by atoms with Crippen LogP contribution in [0.2, 0.25) is 0 Å². The highest BCUT2D eigenvalue weighted by molar-refractivity contribution is 5.51. The van der Waals surface area contributed by atoms with Gasteiger partial charge in [0.05, 0.1) is 0 Å². The van der Waals surface area contributed by atoms with Crippen LogP contribution in [0.15, 0.2) is 50.5 Å². The fourth-order valence-electron chi connectivity index (χ4n) is 2.25. The summed E-state index contributed by atoms with van der Waals surface area (Å²) in [5.74, 6) is 0.414. The van der Waals surface area contributed by atoms with E-state index in [0.717, 1.165) is 10.1 Å². The Morgan fingerprint density at radius 3 is 2.62 bits per heavy atom. The molecule has 0 N–H and O–H groups in total. The molecule has 8 heteroatoms. The second-order valence-corrected chi connectivity index (χ2v) is 4.98. The van der Waals surface area contributed by atoms with Crippen molar-refractivity contribution in [2.24, 2.45) is 0 Å². The van der Waals surface area contributed by atoms with Gasteiger partial charge in [0.25, 0.3) is 5.56 Å². The van der Waals surface area contributed by atoms with Gasteiger partial charge in [0.2, 0.25) is 11.8 Å². The molecule has 120 valence electrons. The van der Waals surface area contributed by atoms with Gasteiger partial charge in [-0.15, -0.1) is 10.2 Å². The van der Waals surface area contributed by atoms with Crippen molar-refractivity contribution in [3.8, 4) is 17.5 Å². The van der Waals surface area contributed by atoms with Crippen LogP contribution in [0.4, 0.5) is 0 Å². The quantitative estimate of drug-likeness (QED) is 0.709. The van der Waals surface area contributed by atoms with Crippen molar-refractivity contribution in [1.82, 2.24) is 19.3 Å². The highest BCUT2D eigenvalue weighted by Gasteiger charge is 2.15. The highest BCUT2D eigenvalue weighted by Crippen LogP contribution is 2.16. The number of hydrogen-bond acceptors (Lipinski definition) is 6. The zero-order valence-corrected chi connectivity index (χ0v) is 12.8. The maximum atomic E-state index is 12.3. The molecule has 24 heavy (non-hydrogen) atoms. The van der Waals surface area contributed by atoms with Gasteiger partial charge in [-0.1, -0.05) is 18.2 Å². The Kier molecular flexibility index (Phi) is 4.07. The highest BCUT2D eigenvalue weighted by atomic mass is 16.4. The van der Waals surface area contributed by atoms with Crippen LogP contribution >= 0.6 is 0 Å². The molecule has 0 aliphatic heterocycles. The van der Waals surface area contributed by atoms with E-state index in [2.05, 4.69) is 10.2 Å². The van der Waals surface area contributed by atoms with E-state index in [0.29, 0.717) is 12.4 Å². The van der Waals surface area contributed by atoms with E-state index in [-0.39, 0.29) is 18.0 Å². The molecule has 2 aromatic heterocycles. The topological polar surface area (TPSA) is 107 Å². The van der Waals surface area contributed by atoms with Gasteiger partial charge in [0.15, 0.2) is 0 Å². The van der Waals surface area contributed by atoms with Gasteiger partial charge in [-0.25, -0.2) is 9.36 Å². The smallest absolute Gasteiger partial charge is 0.331 e. The molecule has 0 radical (unpaired) electrons. The molecule has 0 atom stereocenters. The van der Waals surface area contributed by atoms with E-state index in [1.165, 1.54) is 10.8 Å². The van der Waals surface area contributed by atoms with Crippen molar-refractivity contribution in [3.05, 3.63) is 68.8 Å². The van der Waals surface area contributed by atoms with Gasteiger partial charge < -0.3 is 4.42 Å². The summed E-state index contributed by atoms with van der Waals surface area (Å²) in [6, 6.07) is 10.9. The van der Waals surface area contributed by atoms with Gasteiger partial charge in [0.1, 0.15) is 18.2 Å². The molecule has 0 aliphatic rings. The first-order chi connectivity index (χ1) is 11.6. The number of aryl methyl sites for hydroxylation is 1. The summed E-state index contributed by atoms with van der Waals surface area (Å²) in [6.07, 6.45) is 1.25. The number of hydrogen-bond donors (Lipinski definition) is 0. The van der Waals surface area contributed by atoms with E-state index < -0.39 is 11.2 Å². The molecule has 0 spiro atoms. The van der Waals surface area contributed by atoms with Crippen molar-refractivity contribution >= 4 is 0 Å². The number of aromatic nitrogens is 4. The Hall–Kier alpha value is -3.47. The van der Waals surface area contributed by atoms with Crippen LogP contribution in [-0.4, -0.2) is 19.3 Å². The lowest BCUT2D eigenvalue weighted by Crippen LogP contribution is -2.41. The van der Waals surface area contributed by atoms with Crippen LogP contribution in [0, 0.1) is 11.3 Å². The zero-order chi connectivity index (χ0) is 17.1. The van der Waals surface area contributed by atoms with Crippen molar-refractivity contribution < 1.29 is 4.42 Å². The standard InChI is InChI=1S/C16H13N5O3/c1-2-20-9-12(8-17)15(22)21(16(20)23)10-13-18-19-14(24-13)11-6-4-3-5-7-11/h3-7,9H,2,10H2,1H3. The summed E-state index contributed by atoms with van der Waals surface area (Å²) >= 11 is 0. The maximum absolute atomic E-state index is 12.3. The first-order valence-electron chi connectivity index (χ1n) is 7.26. The molecule has 0 unspecified atom stereocenters. The van der Waals surface area contributed by atoms with Gasteiger partial charge in [-0.05, 0) is 19.1 Å². The monoisotopic (exact) mass is 323 g/mol. The second-order valence-electron chi connectivity index (χ2n) is 4.98. The third-order valence-electron chi connectivity index (χ3n) is 3.48. The van der Waals surface area contributed by atoms with Crippen molar-refractivity contribution in [3.63, 3.8) is 0 Å². The minimum atomic E-state index is -0.674. The minimum absolute atomic E-state index is 0.112. The molecular formula is C16H13N5O3. The first-order valence-corrected chi connectivity index (χ1v) is 7.26. The van der Waals surface area contributed by atoms with Gasteiger partial charge in [-0.3, -0.25) is 9.36 Å². The van der Waals surface area contributed by atoms with Crippen molar-refractivity contribution in [2.45, 2.75) is 20.0 Å². The van der Waals surface area contributed by atoms with E-state index in [4.69, 9.17) is 9.68 Å². The lowest BCUT2D eigenvalue weighted by Gasteiger charge is -2.07. The Morgan fingerprint density at radius 1 is 1.21 bits per heavy atom. The van der Waals surface area contributed by atoms with Crippen LogP contribution in [-0.2, 0) is 13.1 Å². The summed E-state index contributed by atoms with van der Waals surface area (Å²) in [4.78, 5) is 24.5. The van der Waals surface area contributed by atoms with E-state index in [9.17, 15) is 9.59 Å². The zero-order valence-electron chi connectivity index (χ0n) is 12.8. The van der Waals surface area contributed by atoms with Crippen LogP contribution in [0.25, 0.3) is 11.5 Å². The van der Waals surface area contributed by atoms with Gasteiger partial charge >= 0.3 is 5.69 Å². The molecule has 2 heterocycles. The van der Waals surface area contributed by atoms with E-state index in [1.807, 2.05) is 30.3 Å². The summed E-state index contributed by atoms with van der Waals surface area (Å²) in [7, 11) is 0. The van der Waals surface area contributed by atoms with E-state index in [1.54, 1.807) is 13.0 Å². The number of rotatable bonds is 4. The fraction of sp³-hybridized carbons (Fsp3) is 0.188. The number of nitriles is 1. The molecular weight excluding hydrogens is 310 g/mol. The lowest BCUT2D eigenvalue weighted by molar-refractivity contribution is 0.469. The molecule has 8 nitrogen and oxygen atoms in total. The molecule has 3 aromatic rings. The Bertz CT molecular complexity index is 1020. The third-order valence-corrected chi connectivity index (χ3v) is 3.48. The summed E-state index contributed by atoms with van der Waals surface area (Å²) in [6.45, 7) is 1.90. The molecule has 0 bridgehead atoms. The number of benzene rings is 1. The van der Waals surface area contributed by atoms with Crippen LogP contribution < -0.4 is 11.2 Å². The van der Waals surface area contributed by atoms with E-state index >= 15 is 0 Å². The molecule has 0 fully saturated rings. The third kappa shape index (κ3) is 2.75. The maximum Gasteiger partial charge on any atom is 0.331 e. The SMILES string of the molecule is CCn1cc(C#N)c(=O)n(Cc2nnc(-c3ccccc3)o2)c1=O. The van der Waals surface area contributed by atoms with Gasteiger partial charge in [0, 0.05) is 18.3 Å². The predicted octanol–water partition coefficient (Wildman–Crippen LogP) is 1.000. The summed E-state index contributed by atoms with van der Waals surface area (Å²) < 4.78 is 7.72. The Balaban J connectivity index is 2.01. The largest absolute Gasteiger partial charge is 0.419 e. The normalized spacial score (nSPS) is 10.5. The van der Waals surface area contributed by atoms with Gasteiger partial charge in [-0.2, -0.15) is 5.26 Å². The Morgan fingerprint density at radius 2 is 1.96 bits per heavy atom. The molecule has 0 saturated carbocycles. The van der Waals surface area contributed by atoms with Crippen LogP contribution in [0.5, 0.6) is 0 Å². The molecule has 0 saturated heterocycles. The lowest BCUT2D eigenvalue weighted by atomic mass is 10.2. The minimum Gasteiger partial charge on any atom is -0.419 e. The van der Waals surface area contributed by atoms with Crippen molar-refractivity contribution in [2.75, 3.05) is 0 Å². The molecule has 1 aromatic carbocycles. The Labute approximate surface area is 136 Å². The molecule has 3 rings (SSSR count). The molecule has 0 amide bonds.